The first-order chi connectivity index (χ1) is 8.29. The molecule has 2 fully saturated rings. The molecule has 2 aliphatic heterocycles. The molecule has 0 aliphatic carbocycles. The van der Waals surface area contributed by atoms with Gasteiger partial charge < -0.3 is 15.0 Å². The largest absolute Gasteiger partial charge is 0.381 e. The van der Waals surface area contributed by atoms with Crippen LogP contribution in [-0.4, -0.2) is 50.2 Å². The summed E-state index contributed by atoms with van der Waals surface area (Å²) < 4.78 is 5.33. The van der Waals surface area contributed by atoms with Gasteiger partial charge in [-0.15, -0.1) is 0 Å². The van der Waals surface area contributed by atoms with Crippen LogP contribution in [0.15, 0.2) is 0 Å². The maximum absolute atomic E-state index is 12.2. The zero-order valence-electron chi connectivity index (χ0n) is 10.8. The van der Waals surface area contributed by atoms with E-state index in [-0.39, 0.29) is 0 Å². The number of nitrogens with zero attached hydrogens (tertiary/aromatic N) is 1. The van der Waals surface area contributed by atoms with Crippen LogP contribution in [0.4, 0.5) is 0 Å². The van der Waals surface area contributed by atoms with Gasteiger partial charge >= 0.3 is 0 Å². The van der Waals surface area contributed by atoms with Crippen LogP contribution in [-0.2, 0) is 9.53 Å². The first-order valence-electron chi connectivity index (χ1n) is 6.82. The van der Waals surface area contributed by atoms with Crippen molar-refractivity contribution in [2.75, 3.05) is 33.4 Å². The van der Waals surface area contributed by atoms with Crippen LogP contribution < -0.4 is 5.32 Å². The highest BCUT2D eigenvalue weighted by atomic mass is 16.5. The van der Waals surface area contributed by atoms with Crippen LogP contribution in [0, 0.1) is 5.92 Å². The Balaban J connectivity index is 1.78. The van der Waals surface area contributed by atoms with Crippen LogP contribution in [0.2, 0.25) is 0 Å². The van der Waals surface area contributed by atoms with Crippen molar-refractivity contribution in [3.8, 4) is 0 Å². The molecule has 2 saturated heterocycles. The molecule has 0 aromatic heterocycles. The second kappa shape index (κ2) is 6.36. The van der Waals surface area contributed by atoms with Gasteiger partial charge in [-0.2, -0.15) is 0 Å². The van der Waals surface area contributed by atoms with Crippen molar-refractivity contribution in [3.05, 3.63) is 0 Å². The summed E-state index contributed by atoms with van der Waals surface area (Å²) in [6, 6.07) is 0.488. The molecule has 98 valence electrons. The van der Waals surface area contributed by atoms with E-state index in [1.165, 1.54) is 6.42 Å². The number of nitrogens with one attached hydrogen (secondary N) is 1. The number of carbonyl (C=O) groups excluding carboxylic acids is 1. The van der Waals surface area contributed by atoms with E-state index in [0.29, 0.717) is 17.9 Å². The molecule has 0 aromatic rings. The lowest BCUT2D eigenvalue weighted by molar-refractivity contribution is -0.134. The Labute approximate surface area is 104 Å². The lowest BCUT2D eigenvalue weighted by Gasteiger charge is -2.34. The highest BCUT2D eigenvalue weighted by Gasteiger charge is 2.25. The predicted octanol–water partition coefficient (Wildman–Crippen LogP) is 1.01. The molecule has 1 amide bonds. The Morgan fingerprint density at radius 1 is 1.35 bits per heavy atom. The maximum atomic E-state index is 12.2. The molecule has 0 aromatic carbocycles. The minimum absolute atomic E-state index is 0.344. The SMILES string of the molecule is CNC1CCCN(C(=O)CC2CCOCC2)C1. The molecular weight excluding hydrogens is 216 g/mol. The van der Waals surface area contributed by atoms with Crippen LogP contribution in [0.5, 0.6) is 0 Å². The second-order valence-electron chi connectivity index (χ2n) is 5.23. The van der Waals surface area contributed by atoms with Gasteiger partial charge in [-0.1, -0.05) is 0 Å². The summed E-state index contributed by atoms with van der Waals surface area (Å²) in [5.74, 6) is 0.892. The van der Waals surface area contributed by atoms with Crippen molar-refractivity contribution in [2.24, 2.45) is 5.92 Å². The Hall–Kier alpha value is -0.610. The molecule has 2 heterocycles. The van der Waals surface area contributed by atoms with Crippen molar-refractivity contribution in [1.29, 1.82) is 0 Å². The van der Waals surface area contributed by atoms with Gasteiger partial charge in [0.15, 0.2) is 0 Å². The molecular formula is C13H24N2O2. The lowest BCUT2D eigenvalue weighted by Crippen LogP contribution is -2.47. The van der Waals surface area contributed by atoms with Gasteiger partial charge in [-0.25, -0.2) is 0 Å². The molecule has 1 N–H and O–H groups in total. The average Bonchev–Trinajstić information content (AvgIpc) is 2.40. The van der Waals surface area contributed by atoms with E-state index in [2.05, 4.69) is 5.32 Å². The van der Waals surface area contributed by atoms with Gasteiger partial charge in [0.1, 0.15) is 0 Å². The van der Waals surface area contributed by atoms with Crippen molar-refractivity contribution in [2.45, 2.75) is 38.1 Å². The smallest absolute Gasteiger partial charge is 0.222 e. The molecule has 0 radical (unpaired) electrons. The minimum atomic E-state index is 0.344. The molecule has 2 aliphatic rings. The van der Waals surface area contributed by atoms with Gasteiger partial charge in [0.2, 0.25) is 5.91 Å². The normalized spacial score (nSPS) is 27.1. The number of rotatable bonds is 3. The molecule has 0 spiro atoms. The minimum Gasteiger partial charge on any atom is -0.381 e. The summed E-state index contributed by atoms with van der Waals surface area (Å²) >= 11 is 0. The van der Waals surface area contributed by atoms with Crippen molar-refractivity contribution < 1.29 is 9.53 Å². The quantitative estimate of drug-likeness (QED) is 0.800. The Bertz CT molecular complexity index is 252. The number of ether oxygens (including phenoxy) is 1. The van der Waals surface area contributed by atoms with E-state index in [9.17, 15) is 4.79 Å². The summed E-state index contributed by atoms with van der Waals surface area (Å²) in [5, 5.41) is 3.28. The van der Waals surface area contributed by atoms with E-state index in [4.69, 9.17) is 4.74 Å². The summed E-state index contributed by atoms with van der Waals surface area (Å²) in [7, 11) is 1.98. The van der Waals surface area contributed by atoms with Gasteiger partial charge in [0.25, 0.3) is 0 Å². The van der Waals surface area contributed by atoms with Crippen LogP contribution in [0.3, 0.4) is 0 Å². The van der Waals surface area contributed by atoms with Crippen molar-refractivity contribution >= 4 is 5.91 Å². The van der Waals surface area contributed by atoms with E-state index in [0.717, 1.165) is 52.0 Å². The number of likely N-dealkylation sites (tertiary alicyclic amines) is 1. The monoisotopic (exact) mass is 240 g/mol. The molecule has 1 unspecified atom stereocenters. The second-order valence-corrected chi connectivity index (χ2v) is 5.23. The Kier molecular flexibility index (Phi) is 4.80. The first kappa shape index (κ1) is 12.8. The highest BCUT2D eigenvalue weighted by molar-refractivity contribution is 5.76. The molecule has 1 atom stereocenters. The third kappa shape index (κ3) is 3.68. The summed E-state index contributed by atoms with van der Waals surface area (Å²) in [6.45, 7) is 3.49. The number of likely N-dealkylation sites (N-methyl/N-ethyl adjacent to an activating group) is 1. The number of amides is 1. The zero-order chi connectivity index (χ0) is 12.1. The fourth-order valence-electron chi connectivity index (χ4n) is 2.77. The van der Waals surface area contributed by atoms with Gasteiger partial charge in [-0.05, 0) is 38.6 Å². The maximum Gasteiger partial charge on any atom is 0.222 e. The highest BCUT2D eigenvalue weighted by Crippen LogP contribution is 2.20. The fraction of sp³-hybridized carbons (Fsp3) is 0.923. The first-order valence-corrected chi connectivity index (χ1v) is 6.82. The average molecular weight is 240 g/mol. The van der Waals surface area contributed by atoms with E-state index >= 15 is 0 Å². The van der Waals surface area contributed by atoms with Crippen LogP contribution in [0.1, 0.15) is 32.1 Å². The lowest BCUT2D eigenvalue weighted by atomic mass is 9.95. The standard InChI is InChI=1S/C13H24N2O2/c1-14-12-3-2-6-15(10-12)13(16)9-11-4-7-17-8-5-11/h11-12,14H,2-10H2,1H3. The topological polar surface area (TPSA) is 41.6 Å². The molecule has 4 nitrogen and oxygen atoms in total. The molecule has 2 rings (SSSR count). The van der Waals surface area contributed by atoms with Gasteiger partial charge in [0.05, 0.1) is 0 Å². The molecule has 0 bridgehead atoms. The third-order valence-electron chi connectivity index (χ3n) is 3.99. The predicted molar refractivity (Wildman–Crippen MR) is 66.8 cm³/mol. The van der Waals surface area contributed by atoms with E-state index < -0.39 is 0 Å². The zero-order valence-corrected chi connectivity index (χ0v) is 10.8. The number of hydrogen-bond acceptors (Lipinski definition) is 3. The van der Waals surface area contributed by atoms with Gasteiger partial charge in [0, 0.05) is 38.8 Å². The van der Waals surface area contributed by atoms with E-state index in [1.807, 2.05) is 11.9 Å². The summed E-state index contributed by atoms with van der Waals surface area (Å²) in [5.41, 5.74) is 0. The Morgan fingerprint density at radius 3 is 2.82 bits per heavy atom. The van der Waals surface area contributed by atoms with Crippen LogP contribution >= 0.6 is 0 Å². The number of hydrogen-bond donors (Lipinski definition) is 1. The van der Waals surface area contributed by atoms with E-state index in [1.54, 1.807) is 0 Å². The molecule has 17 heavy (non-hydrogen) atoms. The van der Waals surface area contributed by atoms with Crippen molar-refractivity contribution in [3.63, 3.8) is 0 Å². The van der Waals surface area contributed by atoms with Crippen molar-refractivity contribution in [1.82, 2.24) is 10.2 Å². The third-order valence-corrected chi connectivity index (χ3v) is 3.99. The van der Waals surface area contributed by atoms with Gasteiger partial charge in [-0.3, -0.25) is 4.79 Å². The number of carbonyl (C=O) groups is 1. The summed E-state index contributed by atoms with van der Waals surface area (Å²) in [6.07, 6.45) is 5.15. The number of piperidine rings is 1. The summed E-state index contributed by atoms with van der Waals surface area (Å²) in [4.78, 5) is 14.2. The molecule has 0 saturated carbocycles. The molecule has 4 heteroatoms. The van der Waals surface area contributed by atoms with Crippen LogP contribution in [0.25, 0.3) is 0 Å². The Morgan fingerprint density at radius 2 is 2.12 bits per heavy atom. The fourth-order valence-corrected chi connectivity index (χ4v) is 2.77.